The van der Waals surface area contributed by atoms with Crippen LogP contribution >= 0.6 is 0 Å². The minimum Gasteiger partial charge on any atom is -0.309 e. The highest BCUT2D eigenvalue weighted by atomic mass is 28.3. The Morgan fingerprint density at radius 1 is 1.42 bits per heavy atom. The van der Waals surface area contributed by atoms with Crippen molar-refractivity contribution < 1.29 is 0 Å². The molecule has 0 amide bonds. The summed E-state index contributed by atoms with van der Waals surface area (Å²) in [5, 5.41) is 0. The van der Waals surface area contributed by atoms with Crippen LogP contribution in [0.5, 0.6) is 0 Å². The van der Waals surface area contributed by atoms with E-state index < -0.39 is 8.07 Å². The Kier molecular flexibility index (Phi) is 4.79. The first-order valence-corrected chi connectivity index (χ1v) is 7.64. The fraction of sp³-hybridized carbons (Fsp3) is 0.800. The predicted molar refractivity (Wildman–Crippen MR) is 60.1 cm³/mol. The van der Waals surface area contributed by atoms with Gasteiger partial charge in [0.15, 0.2) is 0 Å². The third-order valence-electron chi connectivity index (χ3n) is 3.04. The van der Waals surface area contributed by atoms with Crippen molar-refractivity contribution in [3.63, 3.8) is 0 Å². The third kappa shape index (κ3) is 2.76. The number of hydrogen-bond donors (Lipinski definition) is 0. The van der Waals surface area contributed by atoms with E-state index in [9.17, 15) is 0 Å². The number of nitrogens with zero attached hydrogens (tertiary/aromatic N) is 1. The van der Waals surface area contributed by atoms with Crippen molar-refractivity contribution in [3.05, 3.63) is 11.8 Å². The van der Waals surface area contributed by atoms with E-state index in [1.165, 1.54) is 6.04 Å². The quantitative estimate of drug-likeness (QED) is 0.609. The van der Waals surface area contributed by atoms with Gasteiger partial charge in [-0.3, -0.25) is 0 Å². The van der Waals surface area contributed by atoms with Gasteiger partial charge >= 0.3 is 0 Å². The lowest BCUT2D eigenvalue weighted by molar-refractivity contribution is 0.383. The van der Waals surface area contributed by atoms with E-state index >= 15 is 0 Å². The smallest absolute Gasteiger partial charge is 0.0920 e. The van der Waals surface area contributed by atoms with Gasteiger partial charge in [0.2, 0.25) is 0 Å². The normalized spacial score (nSPS) is 19.9. The third-order valence-corrected chi connectivity index (χ3v) is 8.08. The summed E-state index contributed by atoms with van der Waals surface area (Å²) in [4.78, 5) is 2.34. The molecule has 0 aromatic carbocycles. The topological polar surface area (TPSA) is 3.24 Å². The van der Waals surface area contributed by atoms with Crippen molar-refractivity contribution in [3.8, 4) is 0 Å². The zero-order valence-electron chi connectivity index (χ0n) is 9.39. The molecule has 2 heteroatoms. The van der Waals surface area contributed by atoms with Crippen LogP contribution < -0.4 is 0 Å². The second kappa shape index (κ2) is 4.82. The molecule has 0 spiro atoms. The molecule has 12 heavy (non-hydrogen) atoms. The number of hydrogen-bond acceptors (Lipinski definition) is 1. The van der Waals surface area contributed by atoms with Crippen LogP contribution in [0, 0.1) is 0 Å². The van der Waals surface area contributed by atoms with Gasteiger partial charge in [-0.2, -0.15) is 0 Å². The molecule has 0 aliphatic heterocycles. The Morgan fingerprint density at radius 3 is 2.17 bits per heavy atom. The lowest BCUT2D eigenvalue weighted by Gasteiger charge is -2.34. The van der Waals surface area contributed by atoms with Crippen molar-refractivity contribution in [2.75, 3.05) is 14.1 Å². The summed E-state index contributed by atoms with van der Waals surface area (Å²) in [6.07, 6.45) is 2.22. The molecule has 0 aromatic rings. The fourth-order valence-electron chi connectivity index (χ4n) is 1.52. The number of allylic oxidation sites excluding steroid dienone is 1. The summed E-state index contributed by atoms with van der Waals surface area (Å²) >= 11 is 0. The lowest BCUT2D eigenvalue weighted by Crippen LogP contribution is -2.48. The maximum atomic E-state index is 2.46. The van der Waals surface area contributed by atoms with E-state index in [-0.39, 0.29) is 0 Å². The SMILES string of the molecule is CC=C[Si](C)(CC)C(C)N(C)C. The van der Waals surface area contributed by atoms with Crippen LogP contribution in [0.25, 0.3) is 0 Å². The van der Waals surface area contributed by atoms with Crippen LogP contribution in [-0.2, 0) is 0 Å². The van der Waals surface area contributed by atoms with Crippen molar-refractivity contribution in [2.45, 2.75) is 39.0 Å². The minimum absolute atomic E-state index is 0.735. The average Bonchev–Trinajstić information content (AvgIpc) is 2.03. The Hall–Kier alpha value is -0.0831. The molecule has 2 unspecified atom stereocenters. The summed E-state index contributed by atoms with van der Waals surface area (Å²) in [6, 6.07) is 1.33. The predicted octanol–water partition coefficient (Wildman–Crippen LogP) is 2.69. The molecule has 0 radical (unpaired) electrons. The van der Waals surface area contributed by atoms with Crippen molar-refractivity contribution in [2.24, 2.45) is 0 Å². The highest BCUT2D eigenvalue weighted by Gasteiger charge is 2.29. The van der Waals surface area contributed by atoms with E-state index in [1.54, 1.807) is 0 Å². The molecule has 72 valence electrons. The summed E-state index contributed by atoms with van der Waals surface area (Å²) in [5.41, 5.74) is 3.19. The van der Waals surface area contributed by atoms with Crippen molar-refractivity contribution in [1.29, 1.82) is 0 Å². The highest BCUT2D eigenvalue weighted by Crippen LogP contribution is 2.18. The zero-order valence-corrected chi connectivity index (χ0v) is 10.4. The Labute approximate surface area is 78.5 Å². The largest absolute Gasteiger partial charge is 0.309 e. The van der Waals surface area contributed by atoms with E-state index in [0.29, 0.717) is 0 Å². The minimum atomic E-state index is -1.14. The monoisotopic (exact) mass is 185 g/mol. The van der Waals surface area contributed by atoms with Crippen LogP contribution in [0.3, 0.4) is 0 Å². The van der Waals surface area contributed by atoms with Crippen LogP contribution in [0.1, 0.15) is 20.8 Å². The molecule has 0 saturated heterocycles. The molecule has 0 aliphatic carbocycles. The summed E-state index contributed by atoms with van der Waals surface area (Å²) in [5.74, 6) is 0. The molecular weight excluding hydrogens is 162 g/mol. The first kappa shape index (κ1) is 11.9. The molecule has 0 bridgehead atoms. The molecule has 0 aliphatic rings. The molecule has 0 fully saturated rings. The Morgan fingerprint density at radius 2 is 1.92 bits per heavy atom. The van der Waals surface area contributed by atoms with Crippen molar-refractivity contribution >= 4 is 8.07 Å². The number of rotatable bonds is 4. The maximum Gasteiger partial charge on any atom is 0.0920 e. The first-order valence-electron chi connectivity index (χ1n) is 4.78. The molecule has 0 aromatic heterocycles. The molecule has 1 nitrogen and oxygen atoms in total. The summed E-state index contributed by atoms with van der Waals surface area (Å²) in [7, 11) is 3.21. The second-order valence-corrected chi connectivity index (χ2v) is 8.89. The van der Waals surface area contributed by atoms with Gasteiger partial charge in [-0.05, 0) is 21.0 Å². The molecule has 0 heterocycles. The first-order chi connectivity index (χ1) is 5.48. The average molecular weight is 185 g/mol. The molecule has 0 N–H and O–H groups in total. The van der Waals surface area contributed by atoms with Gasteiger partial charge in [-0.1, -0.05) is 38.2 Å². The van der Waals surface area contributed by atoms with Crippen molar-refractivity contribution in [1.82, 2.24) is 4.90 Å². The van der Waals surface area contributed by atoms with Gasteiger partial charge in [-0.15, -0.1) is 0 Å². The van der Waals surface area contributed by atoms with Gasteiger partial charge in [0.25, 0.3) is 0 Å². The van der Waals surface area contributed by atoms with Gasteiger partial charge in [0.05, 0.1) is 8.07 Å². The van der Waals surface area contributed by atoms with Crippen LogP contribution in [0.4, 0.5) is 0 Å². The Balaban J connectivity index is 4.50. The second-order valence-electron chi connectivity index (χ2n) is 4.00. The molecular formula is C10H23NSi. The van der Waals surface area contributed by atoms with Gasteiger partial charge in [0.1, 0.15) is 0 Å². The van der Waals surface area contributed by atoms with Crippen LogP contribution in [0.2, 0.25) is 12.6 Å². The van der Waals surface area contributed by atoms with Gasteiger partial charge in [0, 0.05) is 5.67 Å². The highest BCUT2D eigenvalue weighted by molar-refractivity contribution is 6.84. The Bertz CT molecular complexity index is 154. The molecule has 0 rings (SSSR count). The summed E-state index contributed by atoms with van der Waals surface area (Å²) < 4.78 is 0. The van der Waals surface area contributed by atoms with Crippen LogP contribution in [-0.4, -0.2) is 32.7 Å². The lowest BCUT2D eigenvalue weighted by atomic mass is 10.7. The van der Waals surface area contributed by atoms with Gasteiger partial charge in [-0.25, -0.2) is 0 Å². The zero-order chi connectivity index (χ0) is 9.78. The van der Waals surface area contributed by atoms with E-state index in [4.69, 9.17) is 0 Å². The standard InChI is InChI=1S/C10H23NSi/c1-7-9-12(6,8-2)10(3)11(4)5/h7,9-10H,8H2,1-6H3. The van der Waals surface area contributed by atoms with Crippen LogP contribution in [0.15, 0.2) is 11.8 Å². The molecule has 2 atom stereocenters. The molecule has 0 saturated carbocycles. The van der Waals surface area contributed by atoms with Gasteiger partial charge < -0.3 is 4.90 Å². The fourth-order valence-corrected chi connectivity index (χ4v) is 4.57. The van der Waals surface area contributed by atoms with E-state index in [1.807, 2.05) is 0 Å². The van der Waals surface area contributed by atoms with E-state index in [2.05, 4.69) is 58.1 Å². The summed E-state index contributed by atoms with van der Waals surface area (Å²) in [6.45, 7) is 9.24. The maximum absolute atomic E-state index is 2.46. The van der Waals surface area contributed by atoms with E-state index in [0.717, 1.165) is 5.67 Å².